The van der Waals surface area contributed by atoms with Crippen LogP contribution in [0.25, 0.3) is 0 Å². The van der Waals surface area contributed by atoms with E-state index in [-0.39, 0.29) is 23.1 Å². The zero-order valence-corrected chi connectivity index (χ0v) is 5.48. The van der Waals surface area contributed by atoms with Crippen LogP contribution in [-0.4, -0.2) is 34.1 Å². The molecule has 4 heteroatoms. The molecule has 1 atom stereocenters. The second kappa shape index (κ2) is 7.96. The first kappa shape index (κ1) is 11.7. The number of hydrogen-bond acceptors (Lipinski definition) is 1. The lowest BCUT2D eigenvalue weighted by Crippen LogP contribution is -1.73. The van der Waals surface area contributed by atoms with Crippen molar-refractivity contribution in [3.05, 3.63) is 0 Å². The molecule has 0 aliphatic heterocycles. The van der Waals surface area contributed by atoms with Gasteiger partial charge in [-0.2, -0.15) is 0 Å². The summed E-state index contributed by atoms with van der Waals surface area (Å²) >= 11 is 0. The summed E-state index contributed by atoms with van der Waals surface area (Å²) < 4.78 is 9.94. The van der Waals surface area contributed by atoms with Crippen LogP contribution < -0.4 is 0 Å². The SMILES string of the molecule is CCCC[PH](=O)O.[MgH2]. The van der Waals surface area contributed by atoms with E-state index in [4.69, 9.17) is 4.89 Å². The minimum atomic E-state index is -2.15. The Morgan fingerprint density at radius 3 is 2.25 bits per heavy atom. The molecule has 0 aromatic rings. The van der Waals surface area contributed by atoms with Gasteiger partial charge < -0.3 is 4.89 Å². The van der Waals surface area contributed by atoms with Crippen molar-refractivity contribution in [2.75, 3.05) is 6.16 Å². The number of rotatable bonds is 3. The molecule has 0 saturated heterocycles. The van der Waals surface area contributed by atoms with Crippen LogP contribution in [0.2, 0.25) is 0 Å². The third-order valence-corrected chi connectivity index (χ3v) is 1.53. The zero-order chi connectivity index (χ0) is 5.70. The Kier molecular flexibility index (Phi) is 11.7. The largest absolute Gasteiger partial charge is 0.346 e. The van der Waals surface area contributed by atoms with Crippen LogP contribution in [0.4, 0.5) is 0 Å². The molecule has 1 N–H and O–H groups in total. The van der Waals surface area contributed by atoms with Crippen LogP contribution >= 0.6 is 8.03 Å². The summed E-state index contributed by atoms with van der Waals surface area (Å²) in [6.45, 7) is 2.00. The molecular formula is C4H13MgO2P. The van der Waals surface area contributed by atoms with Crippen LogP contribution in [0.5, 0.6) is 0 Å². The van der Waals surface area contributed by atoms with E-state index in [9.17, 15) is 4.57 Å². The fourth-order valence-electron chi connectivity index (χ4n) is 0.328. The fourth-order valence-corrected chi connectivity index (χ4v) is 0.984. The minimum absolute atomic E-state index is 0. The zero-order valence-electron chi connectivity index (χ0n) is 4.48. The summed E-state index contributed by atoms with van der Waals surface area (Å²) in [4.78, 5) is 8.23. The Labute approximate surface area is 66.7 Å². The maximum atomic E-state index is 9.94. The lowest BCUT2D eigenvalue weighted by molar-refractivity contribution is 0.501. The maximum absolute atomic E-state index is 9.94. The second-order valence-corrected chi connectivity index (χ2v) is 2.78. The maximum Gasteiger partial charge on any atom is 0.316 e. The highest BCUT2D eigenvalue weighted by atomic mass is 31.1. The Hall–Kier alpha value is 0.956. The van der Waals surface area contributed by atoms with Crippen molar-refractivity contribution in [3.8, 4) is 0 Å². The fraction of sp³-hybridized carbons (Fsp3) is 1.00. The highest BCUT2D eigenvalue weighted by Crippen LogP contribution is 2.13. The van der Waals surface area contributed by atoms with Gasteiger partial charge in [0.15, 0.2) is 8.03 Å². The van der Waals surface area contributed by atoms with E-state index in [1.807, 2.05) is 6.92 Å². The second-order valence-electron chi connectivity index (χ2n) is 1.50. The van der Waals surface area contributed by atoms with E-state index in [2.05, 4.69) is 0 Å². The molecule has 0 radical (unpaired) electrons. The minimum Gasteiger partial charge on any atom is -0.346 e. The third kappa shape index (κ3) is 10.0. The summed E-state index contributed by atoms with van der Waals surface area (Å²) in [6.07, 6.45) is 2.40. The summed E-state index contributed by atoms with van der Waals surface area (Å²) in [5, 5.41) is 0. The molecule has 0 fully saturated rings. The normalized spacial score (nSPS) is 12.2. The highest BCUT2D eigenvalue weighted by Gasteiger charge is 1.87. The molecule has 0 aromatic carbocycles. The first-order valence-electron chi connectivity index (χ1n) is 2.49. The van der Waals surface area contributed by atoms with Crippen LogP contribution in [0.3, 0.4) is 0 Å². The lowest BCUT2D eigenvalue weighted by atomic mass is 10.4. The van der Waals surface area contributed by atoms with Gasteiger partial charge in [-0.05, 0) is 6.42 Å². The molecule has 0 aliphatic carbocycles. The van der Waals surface area contributed by atoms with E-state index in [1.54, 1.807) is 0 Å². The summed E-state index contributed by atoms with van der Waals surface area (Å²) in [6, 6.07) is 0. The van der Waals surface area contributed by atoms with Crippen LogP contribution in [0.15, 0.2) is 0 Å². The Balaban J connectivity index is 0. The monoisotopic (exact) mass is 148 g/mol. The molecule has 0 spiro atoms. The van der Waals surface area contributed by atoms with E-state index in [0.29, 0.717) is 6.16 Å². The van der Waals surface area contributed by atoms with E-state index < -0.39 is 8.03 Å². The topological polar surface area (TPSA) is 37.3 Å². The molecule has 0 rings (SSSR count). The van der Waals surface area contributed by atoms with Gasteiger partial charge in [0.05, 0.1) is 0 Å². The van der Waals surface area contributed by atoms with Crippen molar-refractivity contribution >= 4 is 31.1 Å². The van der Waals surface area contributed by atoms with Gasteiger partial charge in [0, 0.05) is 6.16 Å². The first-order valence-corrected chi connectivity index (χ1v) is 4.05. The standard InChI is InChI=1S/C4H11O2P.Mg.2H/c1-2-3-4-7(5)6;;;/h7H,2-4H2,1H3,(H,5,6);;;. The number of hydrogen-bond donors (Lipinski definition) is 1. The molecule has 0 amide bonds. The van der Waals surface area contributed by atoms with Crippen molar-refractivity contribution in [3.63, 3.8) is 0 Å². The average Bonchev–Trinajstić information content (AvgIpc) is 1.61. The third-order valence-electron chi connectivity index (χ3n) is 0.744. The molecule has 0 heterocycles. The Morgan fingerprint density at radius 1 is 1.62 bits per heavy atom. The van der Waals surface area contributed by atoms with Gasteiger partial charge >= 0.3 is 23.1 Å². The van der Waals surface area contributed by atoms with Gasteiger partial charge in [0.1, 0.15) is 0 Å². The molecule has 8 heavy (non-hydrogen) atoms. The van der Waals surface area contributed by atoms with Gasteiger partial charge in [0.25, 0.3) is 0 Å². The van der Waals surface area contributed by atoms with Gasteiger partial charge in [-0.1, -0.05) is 13.3 Å². The van der Waals surface area contributed by atoms with Gasteiger partial charge in [-0.3, -0.25) is 4.57 Å². The van der Waals surface area contributed by atoms with E-state index >= 15 is 0 Å². The Bertz CT molecular complexity index is 67.1. The lowest BCUT2D eigenvalue weighted by Gasteiger charge is -1.87. The van der Waals surface area contributed by atoms with Crippen molar-refractivity contribution in [1.29, 1.82) is 0 Å². The summed E-state index contributed by atoms with van der Waals surface area (Å²) in [5.41, 5.74) is 0. The van der Waals surface area contributed by atoms with Crippen LogP contribution in [0, 0.1) is 0 Å². The molecule has 0 bridgehead atoms. The van der Waals surface area contributed by atoms with E-state index in [0.717, 1.165) is 12.8 Å². The molecular weight excluding hydrogens is 135 g/mol. The van der Waals surface area contributed by atoms with Crippen LogP contribution in [0.1, 0.15) is 19.8 Å². The molecule has 0 aliphatic rings. The van der Waals surface area contributed by atoms with Crippen molar-refractivity contribution in [2.24, 2.45) is 0 Å². The van der Waals surface area contributed by atoms with E-state index in [1.165, 1.54) is 0 Å². The molecule has 0 aromatic heterocycles. The highest BCUT2D eigenvalue weighted by molar-refractivity contribution is 7.37. The van der Waals surface area contributed by atoms with Crippen LogP contribution in [-0.2, 0) is 4.57 Å². The van der Waals surface area contributed by atoms with Gasteiger partial charge in [-0.25, -0.2) is 0 Å². The summed E-state index contributed by atoms with van der Waals surface area (Å²) in [7, 11) is -2.15. The summed E-state index contributed by atoms with van der Waals surface area (Å²) in [5.74, 6) is 0. The number of unbranched alkanes of at least 4 members (excludes halogenated alkanes) is 1. The molecule has 48 valence electrons. The van der Waals surface area contributed by atoms with Crippen molar-refractivity contribution < 1.29 is 9.46 Å². The average molecular weight is 148 g/mol. The van der Waals surface area contributed by atoms with Gasteiger partial charge in [0.2, 0.25) is 0 Å². The molecule has 0 saturated carbocycles. The molecule has 2 nitrogen and oxygen atoms in total. The van der Waals surface area contributed by atoms with Crippen molar-refractivity contribution in [1.82, 2.24) is 0 Å². The Morgan fingerprint density at radius 2 is 2.12 bits per heavy atom. The smallest absolute Gasteiger partial charge is 0.316 e. The predicted molar refractivity (Wildman–Crippen MR) is 39.5 cm³/mol. The van der Waals surface area contributed by atoms with Crippen molar-refractivity contribution in [2.45, 2.75) is 19.8 Å². The first-order chi connectivity index (χ1) is 3.27. The predicted octanol–water partition coefficient (Wildman–Crippen LogP) is 0.337. The molecule has 1 unspecified atom stereocenters. The van der Waals surface area contributed by atoms with Gasteiger partial charge in [-0.15, -0.1) is 0 Å². The quantitative estimate of drug-likeness (QED) is 0.463.